The molecule has 11 heteroatoms. The lowest BCUT2D eigenvalue weighted by Crippen LogP contribution is -2.38. The molecule has 3 aromatic heterocycles. The summed E-state index contributed by atoms with van der Waals surface area (Å²) < 4.78 is 9.64. The molecular formula is C18H21N7O4. The van der Waals surface area contributed by atoms with E-state index in [0.29, 0.717) is 31.2 Å². The van der Waals surface area contributed by atoms with Crippen LogP contribution in [-0.2, 0) is 25.4 Å². The molecule has 29 heavy (non-hydrogen) atoms. The lowest BCUT2D eigenvalue weighted by atomic mass is 10.3. The lowest BCUT2D eigenvalue weighted by Gasteiger charge is -2.17. The van der Waals surface area contributed by atoms with Gasteiger partial charge in [-0.15, -0.1) is 0 Å². The van der Waals surface area contributed by atoms with E-state index in [0.717, 1.165) is 4.57 Å². The molecule has 1 amide bonds. The lowest BCUT2D eigenvalue weighted by molar-refractivity contribution is -0.131. The molecule has 3 aromatic rings. The molecule has 0 N–H and O–H groups in total. The Kier molecular flexibility index (Phi) is 4.65. The fraction of sp³-hybridized carbons (Fsp3) is 0.444. The molecule has 1 aliphatic heterocycles. The molecule has 11 nitrogen and oxygen atoms in total. The van der Waals surface area contributed by atoms with Crippen LogP contribution in [0.2, 0.25) is 0 Å². The van der Waals surface area contributed by atoms with Crippen molar-refractivity contribution < 1.29 is 9.53 Å². The first-order valence-corrected chi connectivity index (χ1v) is 9.20. The van der Waals surface area contributed by atoms with E-state index in [9.17, 15) is 14.4 Å². The Hall–Kier alpha value is -3.50. The highest BCUT2D eigenvalue weighted by molar-refractivity contribution is 5.79. The Morgan fingerprint density at radius 2 is 2.03 bits per heavy atom. The van der Waals surface area contributed by atoms with Gasteiger partial charge < -0.3 is 14.2 Å². The molecule has 0 radical (unpaired) electrons. The van der Waals surface area contributed by atoms with E-state index in [-0.39, 0.29) is 29.7 Å². The molecule has 152 valence electrons. The molecule has 0 saturated carbocycles. The SMILES string of the molecule is Cc1nccc(OC2CCN(C(=O)Cn3cnc4c3c(=O)n(C)c(=O)n4C)C2)n1. The number of imidazole rings is 1. The van der Waals surface area contributed by atoms with Crippen molar-refractivity contribution in [1.29, 1.82) is 0 Å². The third kappa shape index (κ3) is 3.39. The number of hydrogen-bond acceptors (Lipinski definition) is 7. The monoisotopic (exact) mass is 399 g/mol. The van der Waals surface area contributed by atoms with Crippen LogP contribution in [0.5, 0.6) is 5.88 Å². The summed E-state index contributed by atoms with van der Waals surface area (Å²) in [7, 11) is 2.95. The van der Waals surface area contributed by atoms with Crippen LogP contribution < -0.4 is 16.0 Å². The molecule has 1 saturated heterocycles. The predicted molar refractivity (Wildman–Crippen MR) is 103 cm³/mol. The molecule has 4 rings (SSSR count). The maximum Gasteiger partial charge on any atom is 0.332 e. The van der Waals surface area contributed by atoms with Gasteiger partial charge in [-0.2, -0.15) is 4.98 Å². The van der Waals surface area contributed by atoms with Gasteiger partial charge in [-0.05, 0) is 6.92 Å². The van der Waals surface area contributed by atoms with Gasteiger partial charge in [0.05, 0.1) is 12.9 Å². The van der Waals surface area contributed by atoms with Crippen molar-refractivity contribution in [3.05, 3.63) is 45.3 Å². The Balaban J connectivity index is 1.49. The Bertz CT molecular complexity index is 1210. The third-order valence-corrected chi connectivity index (χ3v) is 5.06. The van der Waals surface area contributed by atoms with Crippen molar-refractivity contribution >= 4 is 17.1 Å². The van der Waals surface area contributed by atoms with E-state index in [1.165, 1.54) is 22.5 Å². The zero-order valence-electron chi connectivity index (χ0n) is 16.4. The van der Waals surface area contributed by atoms with Crippen molar-refractivity contribution in [2.45, 2.75) is 26.0 Å². The zero-order valence-corrected chi connectivity index (χ0v) is 16.4. The van der Waals surface area contributed by atoms with Gasteiger partial charge >= 0.3 is 5.69 Å². The zero-order chi connectivity index (χ0) is 20.7. The number of carbonyl (C=O) groups excluding carboxylic acids is 1. The molecular weight excluding hydrogens is 378 g/mol. The minimum atomic E-state index is -0.477. The first-order chi connectivity index (χ1) is 13.8. The van der Waals surface area contributed by atoms with Crippen LogP contribution in [0.25, 0.3) is 11.2 Å². The Morgan fingerprint density at radius 3 is 2.79 bits per heavy atom. The smallest absolute Gasteiger partial charge is 0.332 e. The number of fused-ring (bicyclic) bond motifs is 1. The number of hydrogen-bond donors (Lipinski definition) is 0. The summed E-state index contributed by atoms with van der Waals surface area (Å²) in [5.41, 5.74) is -0.451. The number of likely N-dealkylation sites (tertiary alicyclic amines) is 1. The van der Waals surface area contributed by atoms with Crippen LogP contribution in [-0.4, -0.2) is 58.7 Å². The highest BCUT2D eigenvalue weighted by Crippen LogP contribution is 2.17. The molecule has 4 heterocycles. The van der Waals surface area contributed by atoms with E-state index < -0.39 is 11.2 Å². The number of ether oxygens (including phenoxy) is 1. The van der Waals surface area contributed by atoms with Gasteiger partial charge in [0.15, 0.2) is 11.2 Å². The first kappa shape index (κ1) is 18.8. The Morgan fingerprint density at radius 1 is 1.24 bits per heavy atom. The quantitative estimate of drug-likeness (QED) is 0.564. The molecule has 0 aromatic carbocycles. The highest BCUT2D eigenvalue weighted by atomic mass is 16.5. The molecule has 1 unspecified atom stereocenters. The molecule has 0 spiro atoms. The van der Waals surface area contributed by atoms with Gasteiger partial charge in [0, 0.05) is 39.3 Å². The number of aromatic nitrogens is 6. The summed E-state index contributed by atoms with van der Waals surface area (Å²) in [6.07, 6.45) is 3.59. The van der Waals surface area contributed by atoms with Crippen LogP contribution in [0.3, 0.4) is 0 Å². The summed E-state index contributed by atoms with van der Waals surface area (Å²) in [5, 5.41) is 0. The summed E-state index contributed by atoms with van der Waals surface area (Å²) >= 11 is 0. The minimum Gasteiger partial charge on any atom is -0.472 e. The number of nitrogens with zero attached hydrogens (tertiary/aromatic N) is 7. The third-order valence-electron chi connectivity index (χ3n) is 5.06. The van der Waals surface area contributed by atoms with Gasteiger partial charge in [-0.1, -0.05) is 0 Å². The number of aryl methyl sites for hydroxylation is 2. The van der Waals surface area contributed by atoms with Gasteiger partial charge in [-0.25, -0.2) is 14.8 Å². The second-order valence-electron chi connectivity index (χ2n) is 7.06. The van der Waals surface area contributed by atoms with E-state index in [4.69, 9.17) is 4.74 Å². The molecule has 1 atom stereocenters. The van der Waals surface area contributed by atoms with Crippen LogP contribution in [0.15, 0.2) is 28.2 Å². The van der Waals surface area contributed by atoms with Crippen molar-refractivity contribution in [1.82, 2.24) is 33.6 Å². The summed E-state index contributed by atoms with van der Waals surface area (Å²) in [4.78, 5) is 51.4. The van der Waals surface area contributed by atoms with Gasteiger partial charge in [0.2, 0.25) is 11.8 Å². The van der Waals surface area contributed by atoms with Gasteiger partial charge in [0.1, 0.15) is 18.5 Å². The fourth-order valence-electron chi connectivity index (χ4n) is 3.48. The maximum atomic E-state index is 12.8. The average molecular weight is 399 g/mol. The first-order valence-electron chi connectivity index (χ1n) is 9.20. The average Bonchev–Trinajstić information content (AvgIpc) is 3.32. The van der Waals surface area contributed by atoms with Crippen LogP contribution in [0.1, 0.15) is 12.2 Å². The highest BCUT2D eigenvalue weighted by Gasteiger charge is 2.28. The van der Waals surface area contributed by atoms with E-state index in [2.05, 4.69) is 15.0 Å². The summed E-state index contributed by atoms with van der Waals surface area (Å²) in [6, 6.07) is 1.69. The van der Waals surface area contributed by atoms with E-state index >= 15 is 0 Å². The van der Waals surface area contributed by atoms with Crippen LogP contribution in [0, 0.1) is 6.92 Å². The number of rotatable bonds is 4. The normalized spacial score (nSPS) is 16.5. The predicted octanol–water partition coefficient (Wildman–Crippen LogP) is -0.788. The molecule has 1 fully saturated rings. The standard InChI is InChI=1S/C18H21N7O4/c1-11-19-6-4-13(21-11)29-12-5-7-24(8-12)14(26)9-25-10-20-16-15(25)17(27)23(3)18(28)22(16)2/h4,6,10,12H,5,7-9H2,1-3H3. The van der Waals surface area contributed by atoms with Crippen molar-refractivity contribution in [2.75, 3.05) is 13.1 Å². The van der Waals surface area contributed by atoms with Crippen LogP contribution >= 0.6 is 0 Å². The van der Waals surface area contributed by atoms with Crippen LogP contribution in [0.4, 0.5) is 0 Å². The summed E-state index contributed by atoms with van der Waals surface area (Å²) in [6.45, 7) is 2.73. The van der Waals surface area contributed by atoms with Crippen molar-refractivity contribution in [3.8, 4) is 5.88 Å². The van der Waals surface area contributed by atoms with Gasteiger partial charge in [-0.3, -0.25) is 18.7 Å². The fourth-order valence-corrected chi connectivity index (χ4v) is 3.48. The maximum absolute atomic E-state index is 12.8. The minimum absolute atomic E-state index is 0.0384. The van der Waals surface area contributed by atoms with Crippen molar-refractivity contribution in [3.63, 3.8) is 0 Å². The number of amides is 1. The van der Waals surface area contributed by atoms with Crippen molar-refractivity contribution in [2.24, 2.45) is 14.1 Å². The molecule has 0 aliphatic carbocycles. The molecule has 1 aliphatic rings. The van der Waals surface area contributed by atoms with Gasteiger partial charge in [0.25, 0.3) is 5.56 Å². The second kappa shape index (κ2) is 7.15. The number of carbonyl (C=O) groups is 1. The van der Waals surface area contributed by atoms with E-state index in [1.54, 1.807) is 31.1 Å². The molecule has 0 bridgehead atoms. The largest absolute Gasteiger partial charge is 0.472 e. The van der Waals surface area contributed by atoms with E-state index in [1.807, 2.05) is 0 Å². The Labute approximate surface area is 165 Å². The topological polar surface area (TPSA) is 117 Å². The second-order valence-corrected chi connectivity index (χ2v) is 7.06. The summed E-state index contributed by atoms with van der Waals surface area (Å²) in [5.74, 6) is 0.961.